The van der Waals surface area contributed by atoms with Crippen molar-refractivity contribution < 1.29 is 0 Å². The summed E-state index contributed by atoms with van der Waals surface area (Å²) in [5.41, 5.74) is 7.11. The van der Waals surface area contributed by atoms with Crippen LogP contribution in [-0.4, -0.2) is 0 Å². The molecule has 1 nitrogen and oxygen atoms in total. The van der Waals surface area contributed by atoms with E-state index in [9.17, 15) is 0 Å². The van der Waals surface area contributed by atoms with Crippen LogP contribution in [-0.2, 0) is 0 Å². The molecule has 1 N–H and O–H groups in total. The summed E-state index contributed by atoms with van der Waals surface area (Å²) in [6.07, 6.45) is 7.94. The van der Waals surface area contributed by atoms with E-state index in [1.165, 1.54) is 38.5 Å². The average Bonchev–Trinajstić information content (AvgIpc) is 2.50. The topological polar surface area (TPSA) is 12.0 Å². The second-order valence-electron chi connectivity index (χ2n) is 7.42. The molecule has 3 rings (SSSR count). The van der Waals surface area contributed by atoms with Crippen LogP contribution in [0.2, 0.25) is 0 Å². The molecule has 1 aliphatic heterocycles. The third-order valence-corrected chi connectivity index (χ3v) is 5.35. The summed E-state index contributed by atoms with van der Waals surface area (Å²) in [4.78, 5) is 0. The Morgan fingerprint density at radius 3 is 2.32 bits per heavy atom. The maximum atomic E-state index is 3.83. The summed E-state index contributed by atoms with van der Waals surface area (Å²) in [5, 5.41) is 3.83. The van der Waals surface area contributed by atoms with Crippen LogP contribution in [0.5, 0.6) is 0 Å². The first-order valence-corrected chi connectivity index (χ1v) is 9.20. The maximum Gasteiger partial charge on any atom is 0.0151 e. The summed E-state index contributed by atoms with van der Waals surface area (Å²) in [7, 11) is 0. The third kappa shape index (κ3) is 3.86. The van der Waals surface area contributed by atoms with E-state index in [1.54, 1.807) is 22.5 Å². The van der Waals surface area contributed by atoms with Gasteiger partial charge in [0, 0.05) is 17.3 Å². The molecule has 0 saturated heterocycles. The molecule has 1 heteroatoms. The molecular weight excluding hydrogens is 266 g/mol. The third-order valence-electron chi connectivity index (χ3n) is 5.35. The Bertz CT molecular complexity index is 439. The molecule has 1 heterocycles. The van der Waals surface area contributed by atoms with Gasteiger partial charge in [-0.1, -0.05) is 41.5 Å². The summed E-state index contributed by atoms with van der Waals surface area (Å²) < 4.78 is 0. The Kier molecular flexibility index (Phi) is 6.97. The van der Waals surface area contributed by atoms with Crippen LogP contribution in [0.15, 0.2) is 35.7 Å². The molecule has 0 fully saturated rings. The summed E-state index contributed by atoms with van der Waals surface area (Å²) in [6, 6.07) is 0. The van der Waals surface area contributed by atoms with Crippen LogP contribution in [0.25, 0.3) is 0 Å². The van der Waals surface area contributed by atoms with Crippen molar-refractivity contribution in [2.75, 3.05) is 0 Å². The number of nitrogens with one attached hydrogen (secondary N) is 1. The van der Waals surface area contributed by atoms with Crippen molar-refractivity contribution in [2.24, 2.45) is 17.3 Å². The van der Waals surface area contributed by atoms with E-state index in [0.717, 1.165) is 5.92 Å². The van der Waals surface area contributed by atoms with Gasteiger partial charge in [-0.15, -0.1) is 13.2 Å². The molecule has 2 aliphatic carbocycles. The molecule has 0 bridgehead atoms. The normalized spacial score (nSPS) is 29.0. The molecule has 3 aliphatic rings. The zero-order valence-corrected chi connectivity index (χ0v) is 15.8. The van der Waals surface area contributed by atoms with E-state index in [1.807, 2.05) is 13.8 Å². The quantitative estimate of drug-likeness (QED) is 0.497. The minimum atomic E-state index is 0.490. The molecule has 0 aromatic rings. The lowest BCUT2D eigenvalue weighted by Crippen LogP contribution is -2.35. The predicted octanol–water partition coefficient (Wildman–Crippen LogP) is 6.59. The number of hydrogen-bond donors (Lipinski definition) is 1. The highest BCUT2D eigenvalue weighted by Crippen LogP contribution is 2.47. The van der Waals surface area contributed by atoms with Crippen LogP contribution in [0.3, 0.4) is 0 Å². The largest absolute Gasteiger partial charge is 0.362 e. The molecule has 0 amide bonds. The van der Waals surface area contributed by atoms with Gasteiger partial charge in [-0.3, -0.25) is 0 Å². The first-order valence-electron chi connectivity index (χ1n) is 9.20. The van der Waals surface area contributed by atoms with Crippen LogP contribution in [0.4, 0.5) is 0 Å². The molecule has 0 saturated carbocycles. The highest BCUT2D eigenvalue weighted by atomic mass is 14.9. The minimum absolute atomic E-state index is 0.490. The zero-order valence-electron chi connectivity index (χ0n) is 15.8. The van der Waals surface area contributed by atoms with Gasteiger partial charge in [-0.2, -0.15) is 0 Å². The molecule has 0 aromatic heterocycles. The van der Waals surface area contributed by atoms with E-state index in [0.29, 0.717) is 11.3 Å². The van der Waals surface area contributed by atoms with Gasteiger partial charge in [-0.25, -0.2) is 0 Å². The molecular formula is C21H37N. The smallest absolute Gasteiger partial charge is 0.0151 e. The van der Waals surface area contributed by atoms with Gasteiger partial charge in [0.2, 0.25) is 0 Å². The second-order valence-corrected chi connectivity index (χ2v) is 7.42. The van der Waals surface area contributed by atoms with Gasteiger partial charge >= 0.3 is 0 Å². The highest BCUT2D eigenvalue weighted by Gasteiger charge is 2.36. The first kappa shape index (κ1) is 19.1. The number of hydrogen-bond acceptors (Lipinski definition) is 1. The first-order chi connectivity index (χ1) is 10.5. The second kappa shape index (κ2) is 8.04. The molecule has 2 atom stereocenters. The van der Waals surface area contributed by atoms with Crippen molar-refractivity contribution in [2.45, 2.75) is 80.1 Å². The molecule has 22 heavy (non-hydrogen) atoms. The minimum Gasteiger partial charge on any atom is -0.362 e. The van der Waals surface area contributed by atoms with E-state index < -0.39 is 0 Å². The van der Waals surface area contributed by atoms with Crippen LogP contribution in [0.1, 0.15) is 80.1 Å². The fraction of sp³-hybridized carbons (Fsp3) is 0.714. The number of dihydropyridines is 1. The molecule has 0 spiro atoms. The Balaban J connectivity index is 0.000000561. The summed E-state index contributed by atoms with van der Waals surface area (Å²) in [5.74, 6) is 1.50. The van der Waals surface area contributed by atoms with Gasteiger partial charge in [0.05, 0.1) is 0 Å². The maximum absolute atomic E-state index is 3.83. The van der Waals surface area contributed by atoms with E-state index in [-0.39, 0.29) is 0 Å². The fourth-order valence-corrected chi connectivity index (χ4v) is 4.28. The van der Waals surface area contributed by atoms with Gasteiger partial charge in [0.15, 0.2) is 0 Å². The molecule has 0 aromatic carbocycles. The van der Waals surface area contributed by atoms with Crippen molar-refractivity contribution >= 4 is 0 Å². The van der Waals surface area contributed by atoms with Gasteiger partial charge < -0.3 is 5.32 Å². The monoisotopic (exact) mass is 303 g/mol. The van der Waals surface area contributed by atoms with Crippen molar-refractivity contribution in [3.63, 3.8) is 0 Å². The Hall–Kier alpha value is -0.980. The van der Waals surface area contributed by atoms with Gasteiger partial charge in [0.1, 0.15) is 0 Å². The number of rotatable bonds is 0. The van der Waals surface area contributed by atoms with E-state index in [2.05, 4.69) is 46.2 Å². The number of allylic oxidation sites excluding steroid dienone is 4. The van der Waals surface area contributed by atoms with Crippen LogP contribution in [0, 0.1) is 17.3 Å². The lowest BCUT2D eigenvalue weighted by Gasteiger charge is -2.43. The standard InChI is InChI=1S/C17H27N.C2H6.C2H4/c1-11-6-5-7-14-16(11)12(2)13-8-9-17(3,4)10-15(13)18-14;2*1-2/h11-12,18H,5-10H2,1-4H3;1-2H3;1-2H2. The average molecular weight is 304 g/mol. The van der Waals surface area contributed by atoms with Gasteiger partial charge in [0.25, 0.3) is 0 Å². The zero-order chi connectivity index (χ0) is 16.9. The fourth-order valence-electron chi connectivity index (χ4n) is 4.28. The van der Waals surface area contributed by atoms with Gasteiger partial charge in [-0.05, 0) is 61.0 Å². The SMILES string of the molecule is C=C.CC.CC1CCCC2=C1C(C)C1=C(CC(C)(C)CC1)N2. The van der Waals surface area contributed by atoms with E-state index >= 15 is 0 Å². The molecule has 0 radical (unpaired) electrons. The van der Waals surface area contributed by atoms with Crippen molar-refractivity contribution in [1.82, 2.24) is 5.32 Å². The van der Waals surface area contributed by atoms with E-state index in [4.69, 9.17) is 0 Å². The Labute approximate surface area is 139 Å². The van der Waals surface area contributed by atoms with Crippen LogP contribution >= 0.6 is 0 Å². The van der Waals surface area contributed by atoms with Crippen molar-refractivity contribution in [3.8, 4) is 0 Å². The lowest BCUT2D eigenvalue weighted by atomic mass is 9.68. The van der Waals surface area contributed by atoms with Crippen molar-refractivity contribution in [1.29, 1.82) is 0 Å². The predicted molar refractivity (Wildman–Crippen MR) is 99.6 cm³/mol. The van der Waals surface area contributed by atoms with Crippen molar-refractivity contribution in [3.05, 3.63) is 35.7 Å². The van der Waals surface area contributed by atoms with Crippen LogP contribution < -0.4 is 5.32 Å². The molecule has 126 valence electrons. The summed E-state index contributed by atoms with van der Waals surface area (Å²) in [6.45, 7) is 19.7. The highest BCUT2D eigenvalue weighted by molar-refractivity contribution is 5.39. The lowest BCUT2D eigenvalue weighted by molar-refractivity contribution is 0.290. The Morgan fingerprint density at radius 1 is 1.05 bits per heavy atom. The molecule has 2 unspecified atom stereocenters. The summed E-state index contributed by atoms with van der Waals surface area (Å²) >= 11 is 0. The Morgan fingerprint density at radius 2 is 1.68 bits per heavy atom.